The molecule has 1 amide bonds. The molecule has 1 fully saturated rings. The molecule has 5 nitrogen and oxygen atoms in total. The number of carbonyl (C=O) groups excluding carboxylic acids is 1. The molecule has 0 spiro atoms. The first kappa shape index (κ1) is 14.8. The van der Waals surface area contributed by atoms with Crippen molar-refractivity contribution in [1.29, 1.82) is 0 Å². The Hall–Kier alpha value is -1.17. The zero-order valence-electron chi connectivity index (χ0n) is 11.5. The fraction of sp³-hybridized carbons (Fsp3) is 0.500. The number of halogens is 2. The van der Waals surface area contributed by atoms with Crippen LogP contribution in [0.15, 0.2) is 18.2 Å². The van der Waals surface area contributed by atoms with Crippen LogP contribution in [0.1, 0.15) is 5.56 Å². The van der Waals surface area contributed by atoms with Crippen LogP contribution in [0, 0.1) is 0 Å². The minimum Gasteiger partial charge on any atom is -0.454 e. The first-order valence-corrected chi connectivity index (χ1v) is 7.80. The molecule has 1 aromatic rings. The molecule has 2 aliphatic heterocycles. The normalized spacial score (nSPS) is 18.3. The predicted octanol–water partition coefficient (Wildman–Crippen LogP) is 0.446. The monoisotopic (exact) mass is 331 g/mol. The summed E-state index contributed by atoms with van der Waals surface area (Å²) in [5.74, 6) is 1.42. The van der Waals surface area contributed by atoms with Crippen molar-refractivity contribution in [3.63, 3.8) is 0 Å². The van der Waals surface area contributed by atoms with Gasteiger partial charge in [0.2, 0.25) is 6.79 Å². The van der Waals surface area contributed by atoms with Crippen LogP contribution >= 0.6 is 23.2 Å². The predicted molar refractivity (Wildman–Crippen MR) is 79.0 cm³/mol. The Balaban J connectivity index is 1.55. The largest absolute Gasteiger partial charge is 0.454 e. The van der Waals surface area contributed by atoms with Crippen molar-refractivity contribution in [2.24, 2.45) is 0 Å². The molecular weight excluding hydrogens is 315 g/mol. The molecule has 2 heterocycles. The Bertz CT molecular complexity index is 531. The molecule has 0 aromatic heterocycles. The molecule has 0 radical (unpaired) electrons. The van der Waals surface area contributed by atoms with Gasteiger partial charge in [-0.1, -0.05) is 23.2 Å². The average molecular weight is 332 g/mol. The van der Waals surface area contributed by atoms with Gasteiger partial charge < -0.3 is 19.3 Å². The van der Waals surface area contributed by atoms with Gasteiger partial charge >= 0.3 is 0 Å². The zero-order valence-corrected chi connectivity index (χ0v) is 13.0. The smallest absolute Gasteiger partial charge is 0.256 e. The van der Waals surface area contributed by atoms with E-state index in [1.165, 1.54) is 10.5 Å². The maximum Gasteiger partial charge on any atom is 0.256 e. The Morgan fingerprint density at radius 1 is 1.24 bits per heavy atom. The summed E-state index contributed by atoms with van der Waals surface area (Å²) in [6.45, 7) is 4.36. The summed E-state index contributed by atoms with van der Waals surface area (Å²) in [5.41, 5.74) is 1.21. The van der Waals surface area contributed by atoms with Gasteiger partial charge in [-0.05, 0) is 18.2 Å². The molecule has 114 valence electrons. The van der Waals surface area contributed by atoms with Crippen molar-refractivity contribution < 1.29 is 19.2 Å². The van der Waals surface area contributed by atoms with E-state index in [0.717, 1.165) is 31.1 Å². The lowest BCUT2D eigenvalue weighted by molar-refractivity contribution is -0.917. The molecule has 3 rings (SSSR count). The number of fused-ring (bicyclic) bond motifs is 1. The minimum atomic E-state index is -0.958. The van der Waals surface area contributed by atoms with E-state index < -0.39 is 4.84 Å². The summed E-state index contributed by atoms with van der Waals surface area (Å²) in [5, 5.41) is 0. The van der Waals surface area contributed by atoms with Crippen LogP contribution in [0.2, 0.25) is 0 Å². The van der Waals surface area contributed by atoms with Gasteiger partial charge in [0.15, 0.2) is 16.3 Å². The summed E-state index contributed by atoms with van der Waals surface area (Å²) in [6, 6.07) is 6.04. The summed E-state index contributed by atoms with van der Waals surface area (Å²) in [6.07, 6.45) is 0. The second kappa shape index (κ2) is 6.30. The van der Waals surface area contributed by atoms with E-state index >= 15 is 0 Å². The summed E-state index contributed by atoms with van der Waals surface area (Å²) < 4.78 is 10.7. The van der Waals surface area contributed by atoms with Gasteiger partial charge in [0.25, 0.3) is 5.91 Å². The highest BCUT2D eigenvalue weighted by atomic mass is 35.5. The second-order valence-corrected chi connectivity index (χ2v) is 6.34. The molecule has 1 aromatic carbocycles. The summed E-state index contributed by atoms with van der Waals surface area (Å²) >= 11 is 11.2. The molecule has 0 atom stereocenters. The van der Waals surface area contributed by atoms with Gasteiger partial charge in [-0.15, -0.1) is 0 Å². The van der Waals surface area contributed by atoms with Crippen molar-refractivity contribution in [1.82, 2.24) is 4.90 Å². The fourth-order valence-corrected chi connectivity index (χ4v) is 2.97. The van der Waals surface area contributed by atoms with E-state index in [0.29, 0.717) is 19.9 Å². The van der Waals surface area contributed by atoms with Gasteiger partial charge in [-0.25, -0.2) is 0 Å². The average Bonchev–Trinajstić information content (AvgIpc) is 2.95. The molecule has 1 N–H and O–H groups in total. The summed E-state index contributed by atoms with van der Waals surface area (Å²) in [4.78, 5) is 13.9. The van der Waals surface area contributed by atoms with Crippen LogP contribution in [-0.4, -0.2) is 48.6 Å². The third-order valence-electron chi connectivity index (χ3n) is 3.86. The van der Waals surface area contributed by atoms with Crippen LogP contribution in [-0.2, 0) is 11.3 Å². The molecule has 21 heavy (non-hydrogen) atoms. The maximum absolute atomic E-state index is 11.7. The van der Waals surface area contributed by atoms with Crippen molar-refractivity contribution in [2.75, 3.05) is 33.0 Å². The van der Waals surface area contributed by atoms with Gasteiger partial charge in [0.1, 0.15) is 6.54 Å². The molecule has 2 aliphatic rings. The molecule has 7 heteroatoms. The second-order valence-electron chi connectivity index (χ2n) is 5.24. The van der Waals surface area contributed by atoms with E-state index in [1.807, 2.05) is 12.1 Å². The summed E-state index contributed by atoms with van der Waals surface area (Å²) in [7, 11) is 0. The van der Waals surface area contributed by atoms with E-state index in [4.69, 9.17) is 32.7 Å². The molecule has 0 saturated carbocycles. The number of quaternary nitrogens is 1. The first-order chi connectivity index (χ1) is 10.1. The van der Waals surface area contributed by atoms with Crippen LogP contribution < -0.4 is 14.4 Å². The van der Waals surface area contributed by atoms with Crippen molar-refractivity contribution >= 4 is 29.1 Å². The van der Waals surface area contributed by atoms with E-state index in [-0.39, 0.29) is 5.91 Å². The number of ether oxygens (including phenoxy) is 2. The lowest BCUT2D eigenvalue weighted by Gasteiger charge is -2.32. The van der Waals surface area contributed by atoms with Crippen LogP contribution in [0.4, 0.5) is 0 Å². The Morgan fingerprint density at radius 2 is 1.95 bits per heavy atom. The topological polar surface area (TPSA) is 43.2 Å². The molecule has 0 aliphatic carbocycles. The number of carbonyl (C=O) groups is 1. The lowest BCUT2D eigenvalue weighted by atomic mass is 10.1. The quantitative estimate of drug-likeness (QED) is 0.818. The number of piperazine rings is 1. The van der Waals surface area contributed by atoms with E-state index in [2.05, 4.69) is 6.07 Å². The Labute approximate surface area is 133 Å². The maximum atomic E-state index is 11.7. The molecule has 1 saturated heterocycles. The van der Waals surface area contributed by atoms with Gasteiger partial charge in [0, 0.05) is 5.56 Å². The lowest BCUT2D eigenvalue weighted by Crippen LogP contribution is -3.13. The minimum absolute atomic E-state index is 0.194. The number of rotatable bonds is 3. The van der Waals surface area contributed by atoms with Crippen LogP contribution in [0.5, 0.6) is 11.5 Å². The van der Waals surface area contributed by atoms with Crippen LogP contribution in [0.3, 0.4) is 0 Å². The van der Waals surface area contributed by atoms with E-state index in [9.17, 15) is 4.79 Å². The highest BCUT2D eigenvalue weighted by Gasteiger charge is 2.27. The first-order valence-electron chi connectivity index (χ1n) is 6.92. The number of hydrogen-bond donors (Lipinski definition) is 1. The number of alkyl halides is 2. The number of hydrogen-bond acceptors (Lipinski definition) is 3. The highest BCUT2D eigenvalue weighted by Crippen LogP contribution is 2.32. The number of nitrogens with one attached hydrogen (secondary N) is 1. The highest BCUT2D eigenvalue weighted by molar-refractivity contribution is 6.53. The zero-order chi connectivity index (χ0) is 14.8. The third kappa shape index (κ3) is 3.36. The SMILES string of the molecule is O=C(C(Cl)Cl)N1CC[NH+](Cc2ccc3c(c2)OCO3)CC1. The standard InChI is InChI=1S/C14H16Cl2N2O3/c15-13(16)14(19)18-5-3-17(4-6-18)8-10-1-2-11-12(7-10)21-9-20-11/h1-2,7,13H,3-6,8-9H2/p+1. The van der Waals surface area contributed by atoms with E-state index in [1.54, 1.807) is 4.90 Å². The van der Waals surface area contributed by atoms with Crippen molar-refractivity contribution in [3.05, 3.63) is 23.8 Å². The Morgan fingerprint density at radius 3 is 2.67 bits per heavy atom. The fourth-order valence-electron chi connectivity index (χ4n) is 2.70. The van der Waals surface area contributed by atoms with Crippen molar-refractivity contribution in [3.8, 4) is 11.5 Å². The third-order valence-corrected chi connectivity index (χ3v) is 4.23. The molecule has 0 unspecified atom stereocenters. The molecule has 0 bridgehead atoms. The Kier molecular flexibility index (Phi) is 4.42. The van der Waals surface area contributed by atoms with Gasteiger partial charge in [0.05, 0.1) is 26.2 Å². The number of nitrogens with zero attached hydrogens (tertiary/aromatic N) is 1. The number of benzene rings is 1. The van der Waals surface area contributed by atoms with Gasteiger partial charge in [-0.3, -0.25) is 4.79 Å². The van der Waals surface area contributed by atoms with Gasteiger partial charge in [-0.2, -0.15) is 0 Å². The molecular formula is C14H17Cl2N2O3+. The van der Waals surface area contributed by atoms with Crippen LogP contribution in [0.25, 0.3) is 0 Å². The van der Waals surface area contributed by atoms with Crippen molar-refractivity contribution in [2.45, 2.75) is 11.4 Å². The number of amides is 1.